The quantitative estimate of drug-likeness (QED) is 0.729. The fourth-order valence-electron chi connectivity index (χ4n) is 2.10. The molecule has 1 aromatic carbocycles. The summed E-state index contributed by atoms with van der Waals surface area (Å²) in [6.45, 7) is 0.678. The van der Waals surface area contributed by atoms with Gasteiger partial charge in [-0.25, -0.2) is 4.98 Å². The molecule has 4 nitrogen and oxygen atoms in total. The van der Waals surface area contributed by atoms with Crippen molar-refractivity contribution in [3.8, 4) is 5.88 Å². The lowest BCUT2D eigenvalue weighted by molar-refractivity contribution is 0.397. The van der Waals surface area contributed by atoms with Crippen molar-refractivity contribution in [3.05, 3.63) is 51.3 Å². The monoisotopic (exact) mass is 349 g/mol. The first-order valence-corrected chi connectivity index (χ1v) is 7.24. The fourth-order valence-corrected chi connectivity index (χ4v) is 2.73. The molecule has 2 heterocycles. The molecule has 0 bridgehead atoms. The summed E-state index contributed by atoms with van der Waals surface area (Å²) >= 11 is 8.85. The van der Waals surface area contributed by atoms with Gasteiger partial charge in [-0.15, -0.1) is 0 Å². The van der Waals surface area contributed by atoms with E-state index in [0.29, 0.717) is 17.2 Å². The normalized spacial score (nSPS) is 10.9. The molecule has 102 valence electrons. The van der Waals surface area contributed by atoms with E-state index in [0.717, 1.165) is 21.1 Å². The smallest absolute Gasteiger partial charge is 0.212 e. The second-order valence-corrected chi connectivity index (χ2v) is 5.69. The van der Waals surface area contributed by atoms with Crippen LogP contribution in [0.5, 0.6) is 5.88 Å². The second kappa shape index (κ2) is 5.38. The van der Waals surface area contributed by atoms with E-state index in [4.69, 9.17) is 17.0 Å². The van der Waals surface area contributed by atoms with E-state index in [2.05, 4.69) is 30.5 Å². The predicted molar refractivity (Wildman–Crippen MR) is 84.7 cm³/mol. The van der Waals surface area contributed by atoms with Crippen LogP contribution in [0.3, 0.4) is 0 Å². The molecule has 0 fully saturated rings. The van der Waals surface area contributed by atoms with E-state index in [9.17, 15) is 0 Å². The van der Waals surface area contributed by atoms with Crippen LogP contribution >= 0.6 is 28.1 Å². The Morgan fingerprint density at radius 1 is 1.35 bits per heavy atom. The molecule has 0 aliphatic rings. The number of pyridine rings is 1. The van der Waals surface area contributed by atoms with Crippen molar-refractivity contribution in [2.75, 3.05) is 7.11 Å². The van der Waals surface area contributed by atoms with Gasteiger partial charge in [-0.1, -0.05) is 22.0 Å². The van der Waals surface area contributed by atoms with Crippen molar-refractivity contribution in [1.29, 1.82) is 0 Å². The Morgan fingerprint density at radius 2 is 2.20 bits per heavy atom. The van der Waals surface area contributed by atoms with Crippen molar-refractivity contribution in [3.63, 3.8) is 0 Å². The average Bonchev–Trinajstić information content (AvgIpc) is 2.75. The minimum atomic E-state index is 0.611. The molecule has 0 spiro atoms. The van der Waals surface area contributed by atoms with Crippen LogP contribution in [0.25, 0.3) is 11.0 Å². The van der Waals surface area contributed by atoms with Gasteiger partial charge in [0.05, 0.1) is 24.7 Å². The van der Waals surface area contributed by atoms with Crippen molar-refractivity contribution >= 4 is 39.2 Å². The van der Waals surface area contributed by atoms with Crippen molar-refractivity contribution in [2.24, 2.45) is 0 Å². The summed E-state index contributed by atoms with van der Waals surface area (Å²) < 4.78 is 8.85. The summed E-state index contributed by atoms with van der Waals surface area (Å²) in [6.07, 6.45) is 1.80. The predicted octanol–water partition coefficient (Wildman–Crippen LogP) is 3.91. The number of imidazole rings is 1. The Hall–Kier alpha value is -1.66. The van der Waals surface area contributed by atoms with Crippen LogP contribution in [0.4, 0.5) is 0 Å². The zero-order valence-corrected chi connectivity index (χ0v) is 13.2. The van der Waals surface area contributed by atoms with Crippen LogP contribution in [-0.2, 0) is 6.54 Å². The molecule has 3 rings (SSSR count). The maximum absolute atomic E-state index is 5.39. The van der Waals surface area contributed by atoms with Gasteiger partial charge in [-0.2, -0.15) is 0 Å². The highest BCUT2D eigenvalue weighted by atomic mass is 79.9. The SMILES string of the molecule is COc1ccc(Cn2c(=S)[nH]c3cc(Br)ccc32)cn1. The van der Waals surface area contributed by atoms with Gasteiger partial charge in [-0.05, 0) is 36.0 Å². The number of aromatic amines is 1. The molecule has 0 aliphatic carbocycles. The summed E-state index contributed by atoms with van der Waals surface area (Å²) in [7, 11) is 1.61. The molecule has 6 heteroatoms. The van der Waals surface area contributed by atoms with Crippen LogP contribution in [0.15, 0.2) is 41.0 Å². The minimum Gasteiger partial charge on any atom is -0.481 e. The van der Waals surface area contributed by atoms with Gasteiger partial charge in [0.15, 0.2) is 4.77 Å². The molecule has 0 amide bonds. The highest BCUT2D eigenvalue weighted by molar-refractivity contribution is 9.10. The van der Waals surface area contributed by atoms with Gasteiger partial charge in [0.2, 0.25) is 5.88 Å². The lowest BCUT2D eigenvalue weighted by atomic mass is 10.2. The summed E-state index contributed by atoms with van der Waals surface area (Å²) in [5.74, 6) is 0.611. The third kappa shape index (κ3) is 2.48. The van der Waals surface area contributed by atoms with Crippen LogP contribution in [0, 0.1) is 4.77 Å². The number of benzene rings is 1. The maximum Gasteiger partial charge on any atom is 0.212 e. The van der Waals surface area contributed by atoms with Crippen LogP contribution in [0.1, 0.15) is 5.56 Å². The minimum absolute atomic E-state index is 0.611. The highest BCUT2D eigenvalue weighted by Crippen LogP contribution is 2.20. The first-order chi connectivity index (χ1) is 9.67. The number of ether oxygens (including phenoxy) is 1. The maximum atomic E-state index is 5.39. The number of nitrogens with zero attached hydrogens (tertiary/aromatic N) is 2. The van der Waals surface area contributed by atoms with Crippen molar-refractivity contribution in [2.45, 2.75) is 6.54 Å². The third-order valence-corrected chi connectivity index (χ3v) is 3.90. The number of methoxy groups -OCH3 is 1. The number of rotatable bonds is 3. The third-order valence-electron chi connectivity index (χ3n) is 3.08. The number of fused-ring (bicyclic) bond motifs is 1. The lowest BCUT2D eigenvalue weighted by Gasteiger charge is -2.05. The number of hydrogen-bond donors (Lipinski definition) is 1. The summed E-state index contributed by atoms with van der Waals surface area (Å²) in [5.41, 5.74) is 3.17. The summed E-state index contributed by atoms with van der Waals surface area (Å²) in [4.78, 5) is 7.43. The number of aromatic nitrogens is 3. The van der Waals surface area contributed by atoms with E-state index in [1.54, 1.807) is 13.3 Å². The van der Waals surface area contributed by atoms with Crippen LogP contribution in [0.2, 0.25) is 0 Å². The number of halogens is 1. The highest BCUT2D eigenvalue weighted by Gasteiger charge is 2.06. The fraction of sp³-hybridized carbons (Fsp3) is 0.143. The average molecular weight is 350 g/mol. The van der Waals surface area contributed by atoms with Crippen molar-refractivity contribution < 1.29 is 4.74 Å². The standard InChI is InChI=1S/C14H12BrN3OS/c1-19-13-5-2-9(7-16-13)8-18-12-4-3-10(15)6-11(12)17-14(18)20/h2-7H,8H2,1H3,(H,17,20). The molecule has 0 radical (unpaired) electrons. The molecule has 0 unspecified atom stereocenters. The Bertz CT molecular complexity index is 807. The first kappa shape index (κ1) is 13.3. The zero-order chi connectivity index (χ0) is 14.1. The largest absolute Gasteiger partial charge is 0.481 e. The molecule has 0 saturated heterocycles. The Morgan fingerprint density at radius 3 is 2.90 bits per heavy atom. The van der Waals surface area contributed by atoms with E-state index in [1.165, 1.54) is 0 Å². The molecular weight excluding hydrogens is 338 g/mol. The van der Waals surface area contributed by atoms with E-state index in [1.807, 2.05) is 30.3 Å². The Kier molecular flexibility index (Phi) is 3.58. The molecule has 0 saturated carbocycles. The van der Waals surface area contributed by atoms with E-state index < -0.39 is 0 Å². The van der Waals surface area contributed by atoms with Gasteiger partial charge in [0, 0.05) is 16.7 Å². The second-order valence-electron chi connectivity index (χ2n) is 4.39. The number of nitrogens with one attached hydrogen (secondary N) is 1. The summed E-state index contributed by atoms with van der Waals surface area (Å²) in [6, 6.07) is 9.92. The molecule has 3 aromatic rings. The zero-order valence-electron chi connectivity index (χ0n) is 10.8. The molecule has 0 aliphatic heterocycles. The molecule has 2 aromatic heterocycles. The van der Waals surface area contributed by atoms with Crippen LogP contribution in [-0.4, -0.2) is 21.6 Å². The van der Waals surface area contributed by atoms with Gasteiger partial charge < -0.3 is 14.3 Å². The molecular formula is C14H12BrN3OS. The Labute approximate surface area is 129 Å². The van der Waals surface area contributed by atoms with Gasteiger partial charge in [-0.3, -0.25) is 0 Å². The molecule has 0 atom stereocenters. The van der Waals surface area contributed by atoms with Gasteiger partial charge >= 0.3 is 0 Å². The molecule has 20 heavy (non-hydrogen) atoms. The lowest BCUT2D eigenvalue weighted by Crippen LogP contribution is -2.00. The van der Waals surface area contributed by atoms with E-state index in [-0.39, 0.29) is 0 Å². The number of hydrogen-bond acceptors (Lipinski definition) is 3. The van der Waals surface area contributed by atoms with E-state index >= 15 is 0 Å². The van der Waals surface area contributed by atoms with Crippen LogP contribution < -0.4 is 4.74 Å². The van der Waals surface area contributed by atoms with Gasteiger partial charge in [0.1, 0.15) is 0 Å². The first-order valence-electron chi connectivity index (χ1n) is 6.04. The van der Waals surface area contributed by atoms with Crippen molar-refractivity contribution in [1.82, 2.24) is 14.5 Å². The van der Waals surface area contributed by atoms with Gasteiger partial charge in [0.25, 0.3) is 0 Å². The number of H-pyrrole nitrogens is 1. The topological polar surface area (TPSA) is 42.8 Å². The Balaban J connectivity index is 2.01. The summed E-state index contributed by atoms with van der Waals surface area (Å²) in [5, 5.41) is 0. The molecule has 1 N–H and O–H groups in total.